The van der Waals surface area contributed by atoms with Gasteiger partial charge < -0.3 is 10.8 Å². The zero-order valence-electron chi connectivity index (χ0n) is 9.32. The Bertz CT molecular complexity index is 359. The number of nitrogens with two attached hydrogens (primary N) is 1. The van der Waals surface area contributed by atoms with Crippen LogP contribution < -0.4 is 5.73 Å². The molecular weight excluding hydrogens is 205 g/mol. The molecule has 0 bridgehead atoms. The predicted octanol–water partition coefficient (Wildman–Crippen LogP) is 1.96. The van der Waals surface area contributed by atoms with Crippen LogP contribution >= 0.6 is 0 Å². The van der Waals surface area contributed by atoms with Gasteiger partial charge in [0.25, 0.3) is 0 Å². The number of hydrogen-bond acceptors (Lipinski definition) is 2. The third-order valence-electron chi connectivity index (χ3n) is 3.75. The van der Waals surface area contributed by atoms with E-state index in [4.69, 9.17) is 5.73 Å². The lowest BCUT2D eigenvalue weighted by Gasteiger charge is -2.38. The van der Waals surface area contributed by atoms with Crippen LogP contribution in [0.2, 0.25) is 0 Å². The van der Waals surface area contributed by atoms with Crippen LogP contribution in [0.1, 0.15) is 31.2 Å². The minimum Gasteiger partial charge on any atom is -0.393 e. The molecule has 16 heavy (non-hydrogen) atoms. The van der Waals surface area contributed by atoms with Gasteiger partial charge in [-0.05, 0) is 37.3 Å². The monoisotopic (exact) mass is 223 g/mol. The van der Waals surface area contributed by atoms with Gasteiger partial charge in [-0.3, -0.25) is 0 Å². The first-order chi connectivity index (χ1) is 7.68. The van der Waals surface area contributed by atoms with E-state index < -0.39 is 0 Å². The van der Waals surface area contributed by atoms with Crippen LogP contribution in [-0.2, 0) is 5.41 Å². The molecule has 88 valence electrons. The molecule has 1 aromatic carbocycles. The first-order valence-corrected chi connectivity index (χ1v) is 5.81. The number of rotatable bonds is 2. The van der Waals surface area contributed by atoms with Gasteiger partial charge in [-0.15, -0.1) is 0 Å². The molecule has 0 spiro atoms. The molecule has 1 fully saturated rings. The third-order valence-corrected chi connectivity index (χ3v) is 3.75. The Kier molecular flexibility index (Phi) is 3.26. The summed E-state index contributed by atoms with van der Waals surface area (Å²) in [4.78, 5) is 0. The molecule has 1 aliphatic carbocycles. The van der Waals surface area contributed by atoms with E-state index in [0.29, 0.717) is 24.9 Å². The van der Waals surface area contributed by atoms with Gasteiger partial charge in [0, 0.05) is 12.0 Å². The molecule has 3 N–H and O–H groups in total. The molecule has 2 rings (SSSR count). The highest BCUT2D eigenvalue weighted by Gasteiger charge is 2.36. The molecule has 1 aromatic rings. The van der Waals surface area contributed by atoms with Crippen LogP contribution in [0.3, 0.4) is 0 Å². The van der Waals surface area contributed by atoms with E-state index in [0.717, 1.165) is 12.8 Å². The second-order valence-corrected chi connectivity index (χ2v) is 4.70. The number of aliphatic hydroxyl groups is 1. The summed E-state index contributed by atoms with van der Waals surface area (Å²) in [7, 11) is 0. The molecule has 0 aliphatic heterocycles. The molecule has 1 saturated carbocycles. The van der Waals surface area contributed by atoms with Gasteiger partial charge in [0.1, 0.15) is 5.82 Å². The summed E-state index contributed by atoms with van der Waals surface area (Å²) in [6.07, 6.45) is 2.72. The summed E-state index contributed by atoms with van der Waals surface area (Å²) in [5.41, 5.74) is 6.28. The standard InChI is InChI=1S/C13H18FNO/c14-12-4-2-1-3-11(12)13(9-15)7-5-10(16)6-8-13/h1-4,10,16H,5-9,15H2. The SMILES string of the molecule is NCC1(c2ccccc2F)CCC(O)CC1. The second kappa shape index (κ2) is 4.52. The van der Waals surface area contributed by atoms with Gasteiger partial charge >= 0.3 is 0 Å². The van der Waals surface area contributed by atoms with E-state index in [1.165, 1.54) is 6.07 Å². The molecule has 0 aromatic heterocycles. The fourth-order valence-corrected chi connectivity index (χ4v) is 2.63. The summed E-state index contributed by atoms with van der Waals surface area (Å²) < 4.78 is 13.8. The highest BCUT2D eigenvalue weighted by atomic mass is 19.1. The number of hydrogen-bond donors (Lipinski definition) is 2. The molecule has 0 unspecified atom stereocenters. The highest BCUT2D eigenvalue weighted by Crippen LogP contribution is 2.39. The van der Waals surface area contributed by atoms with Gasteiger partial charge in [0.2, 0.25) is 0 Å². The van der Waals surface area contributed by atoms with Crippen LogP contribution in [0.5, 0.6) is 0 Å². The van der Waals surface area contributed by atoms with Crippen LogP contribution in [0.4, 0.5) is 4.39 Å². The van der Waals surface area contributed by atoms with Crippen LogP contribution in [0, 0.1) is 5.82 Å². The second-order valence-electron chi connectivity index (χ2n) is 4.70. The smallest absolute Gasteiger partial charge is 0.127 e. The topological polar surface area (TPSA) is 46.2 Å². The zero-order chi connectivity index (χ0) is 11.6. The fourth-order valence-electron chi connectivity index (χ4n) is 2.63. The van der Waals surface area contributed by atoms with Gasteiger partial charge in [0.15, 0.2) is 0 Å². The minimum atomic E-state index is -0.273. The summed E-state index contributed by atoms with van der Waals surface area (Å²) in [6, 6.07) is 6.85. The van der Waals surface area contributed by atoms with E-state index in [1.54, 1.807) is 6.07 Å². The van der Waals surface area contributed by atoms with E-state index in [2.05, 4.69) is 0 Å². The molecule has 3 heteroatoms. The zero-order valence-corrected chi connectivity index (χ0v) is 9.32. The van der Waals surface area contributed by atoms with Gasteiger partial charge in [0.05, 0.1) is 6.10 Å². The van der Waals surface area contributed by atoms with Crippen molar-refractivity contribution in [2.75, 3.05) is 6.54 Å². The molecule has 2 nitrogen and oxygen atoms in total. The third kappa shape index (κ3) is 1.97. The van der Waals surface area contributed by atoms with E-state index >= 15 is 0 Å². The number of aliphatic hydroxyl groups excluding tert-OH is 1. The van der Waals surface area contributed by atoms with Gasteiger partial charge in [-0.2, -0.15) is 0 Å². The maximum Gasteiger partial charge on any atom is 0.127 e. The lowest BCUT2D eigenvalue weighted by molar-refractivity contribution is 0.0963. The van der Waals surface area contributed by atoms with E-state index in [-0.39, 0.29) is 17.3 Å². The first-order valence-electron chi connectivity index (χ1n) is 5.81. The summed E-state index contributed by atoms with van der Waals surface area (Å²) in [5, 5.41) is 9.52. The summed E-state index contributed by atoms with van der Waals surface area (Å²) in [6.45, 7) is 0.445. The molecule has 0 atom stereocenters. The van der Waals surface area contributed by atoms with Crippen LogP contribution in [-0.4, -0.2) is 17.8 Å². The maximum atomic E-state index is 13.8. The van der Waals surface area contributed by atoms with Crippen molar-refractivity contribution in [3.05, 3.63) is 35.6 Å². The van der Waals surface area contributed by atoms with Crippen molar-refractivity contribution in [2.45, 2.75) is 37.2 Å². The Morgan fingerprint density at radius 3 is 2.50 bits per heavy atom. The van der Waals surface area contributed by atoms with Crippen LogP contribution in [0.15, 0.2) is 24.3 Å². The van der Waals surface area contributed by atoms with Gasteiger partial charge in [-0.1, -0.05) is 18.2 Å². The van der Waals surface area contributed by atoms with Crippen molar-refractivity contribution < 1.29 is 9.50 Å². The van der Waals surface area contributed by atoms with Crippen molar-refractivity contribution in [3.63, 3.8) is 0 Å². The Labute approximate surface area is 95.3 Å². The molecule has 0 heterocycles. The van der Waals surface area contributed by atoms with Crippen molar-refractivity contribution in [1.82, 2.24) is 0 Å². The molecular formula is C13H18FNO. The van der Waals surface area contributed by atoms with Gasteiger partial charge in [-0.25, -0.2) is 4.39 Å². The lowest BCUT2D eigenvalue weighted by Crippen LogP contribution is -2.40. The lowest BCUT2D eigenvalue weighted by atomic mass is 9.68. The first kappa shape index (κ1) is 11.6. The summed E-state index contributed by atoms with van der Waals surface area (Å²) >= 11 is 0. The maximum absolute atomic E-state index is 13.8. The Morgan fingerprint density at radius 2 is 1.94 bits per heavy atom. The average Bonchev–Trinajstić information content (AvgIpc) is 2.32. The molecule has 0 radical (unpaired) electrons. The average molecular weight is 223 g/mol. The fraction of sp³-hybridized carbons (Fsp3) is 0.538. The molecule has 0 saturated heterocycles. The number of halogens is 1. The Hall–Kier alpha value is -0.930. The van der Waals surface area contributed by atoms with Crippen molar-refractivity contribution in [1.29, 1.82) is 0 Å². The normalized spacial score (nSPS) is 30.3. The molecule has 1 aliphatic rings. The van der Waals surface area contributed by atoms with E-state index in [1.807, 2.05) is 12.1 Å². The Balaban J connectivity index is 2.32. The largest absolute Gasteiger partial charge is 0.393 e. The quantitative estimate of drug-likeness (QED) is 0.805. The summed E-state index contributed by atoms with van der Waals surface area (Å²) in [5.74, 6) is -0.177. The van der Waals surface area contributed by atoms with Crippen molar-refractivity contribution in [2.24, 2.45) is 5.73 Å². The van der Waals surface area contributed by atoms with Crippen LogP contribution in [0.25, 0.3) is 0 Å². The Morgan fingerprint density at radius 1 is 1.31 bits per heavy atom. The van der Waals surface area contributed by atoms with E-state index in [9.17, 15) is 9.50 Å². The minimum absolute atomic E-state index is 0.177. The highest BCUT2D eigenvalue weighted by molar-refractivity contribution is 5.28. The predicted molar refractivity (Wildman–Crippen MR) is 61.6 cm³/mol. The van der Waals surface area contributed by atoms with Crippen molar-refractivity contribution in [3.8, 4) is 0 Å². The van der Waals surface area contributed by atoms with Crippen molar-refractivity contribution >= 4 is 0 Å². The molecule has 0 amide bonds. The number of benzene rings is 1.